The summed E-state index contributed by atoms with van der Waals surface area (Å²) in [5.74, 6) is 0. The third-order valence-corrected chi connectivity index (χ3v) is 11.2. The summed E-state index contributed by atoms with van der Waals surface area (Å²) in [6.45, 7) is 4.74. The molecule has 0 saturated carbocycles. The van der Waals surface area contributed by atoms with Gasteiger partial charge in [0.1, 0.15) is 0 Å². The van der Waals surface area contributed by atoms with E-state index < -0.39 is 0 Å². The third-order valence-electron chi connectivity index (χ3n) is 11.2. The minimum absolute atomic E-state index is 0.0874. The van der Waals surface area contributed by atoms with E-state index in [1.807, 2.05) is 0 Å². The molecule has 2 nitrogen and oxygen atoms in total. The van der Waals surface area contributed by atoms with Crippen molar-refractivity contribution in [2.75, 3.05) is 16.8 Å². The van der Waals surface area contributed by atoms with Crippen LogP contribution in [0.1, 0.15) is 25.0 Å². The Morgan fingerprint density at radius 3 is 1.70 bits per heavy atom. The summed E-state index contributed by atoms with van der Waals surface area (Å²) in [4.78, 5) is 4.82. The lowest BCUT2D eigenvalue weighted by molar-refractivity contribution is 0.660. The Bertz CT molecular complexity index is 2600. The number of hydrogen-bond donors (Lipinski definition) is 0. The molecule has 1 aliphatic heterocycles. The van der Waals surface area contributed by atoms with Crippen molar-refractivity contribution in [1.29, 1.82) is 0 Å². The molecular formula is C48H36N2. The van der Waals surface area contributed by atoms with Gasteiger partial charge in [-0.3, -0.25) is 0 Å². The van der Waals surface area contributed by atoms with Crippen molar-refractivity contribution in [3.05, 3.63) is 175 Å². The Hall–Kier alpha value is -6.12. The van der Waals surface area contributed by atoms with Crippen molar-refractivity contribution in [2.24, 2.45) is 0 Å². The number of benzene rings is 8. The van der Waals surface area contributed by atoms with E-state index in [9.17, 15) is 0 Å². The van der Waals surface area contributed by atoms with Gasteiger partial charge in [-0.2, -0.15) is 0 Å². The normalized spacial score (nSPS) is 14.0. The van der Waals surface area contributed by atoms with E-state index in [4.69, 9.17) is 0 Å². The smallest absolute Gasteiger partial charge is 0.0700 e. The molecule has 50 heavy (non-hydrogen) atoms. The van der Waals surface area contributed by atoms with Crippen LogP contribution >= 0.6 is 0 Å². The first-order chi connectivity index (χ1) is 24.5. The SMILES string of the molecule is CN1c2ccccc2N(c2c3ccccc3c(-c3ccc4c(c3)C(C)(C)c3ccccc3-4)c3cc(-c4ccccc4)ccc23)c2ccccc21. The minimum atomic E-state index is -0.0874. The van der Waals surface area contributed by atoms with Crippen LogP contribution < -0.4 is 9.80 Å². The number of anilines is 5. The molecular weight excluding hydrogens is 605 g/mol. The van der Waals surface area contributed by atoms with Crippen LogP contribution in [0.15, 0.2) is 164 Å². The molecule has 8 aromatic carbocycles. The number of para-hydroxylation sites is 4. The Morgan fingerprint density at radius 1 is 0.400 bits per heavy atom. The summed E-state index contributed by atoms with van der Waals surface area (Å²) in [7, 11) is 2.17. The highest BCUT2D eigenvalue weighted by atomic mass is 15.3. The van der Waals surface area contributed by atoms with E-state index in [0.29, 0.717) is 0 Å². The van der Waals surface area contributed by atoms with Gasteiger partial charge in [-0.05, 0) is 91.7 Å². The van der Waals surface area contributed by atoms with E-state index in [0.717, 1.165) is 0 Å². The molecule has 1 aliphatic carbocycles. The summed E-state index contributed by atoms with van der Waals surface area (Å²) >= 11 is 0. The van der Waals surface area contributed by atoms with E-state index in [1.54, 1.807) is 0 Å². The highest BCUT2D eigenvalue weighted by Crippen LogP contribution is 2.56. The van der Waals surface area contributed by atoms with Gasteiger partial charge in [0.25, 0.3) is 0 Å². The second kappa shape index (κ2) is 10.7. The fourth-order valence-electron chi connectivity index (χ4n) is 8.75. The highest BCUT2D eigenvalue weighted by molar-refractivity contribution is 6.24. The molecule has 0 amide bonds. The molecule has 1 heterocycles. The Kier molecular flexibility index (Phi) is 6.17. The molecule has 0 fully saturated rings. The Balaban J connectivity index is 1.32. The lowest BCUT2D eigenvalue weighted by Crippen LogP contribution is -2.24. The Morgan fingerprint density at radius 2 is 0.960 bits per heavy atom. The maximum absolute atomic E-state index is 2.50. The van der Waals surface area contributed by atoms with Crippen LogP contribution in [0.25, 0.3) is 54.9 Å². The van der Waals surface area contributed by atoms with Gasteiger partial charge in [-0.1, -0.05) is 141 Å². The fraction of sp³-hybridized carbons (Fsp3) is 0.0833. The fourth-order valence-corrected chi connectivity index (χ4v) is 8.75. The van der Waals surface area contributed by atoms with Gasteiger partial charge in [0.2, 0.25) is 0 Å². The van der Waals surface area contributed by atoms with Crippen molar-refractivity contribution < 1.29 is 0 Å². The van der Waals surface area contributed by atoms with Crippen LogP contribution in [0.3, 0.4) is 0 Å². The predicted octanol–water partition coefficient (Wildman–Crippen LogP) is 13.2. The summed E-state index contributed by atoms with van der Waals surface area (Å²) in [5.41, 5.74) is 16.3. The number of hydrogen-bond acceptors (Lipinski definition) is 2. The van der Waals surface area contributed by atoms with Crippen molar-refractivity contribution in [3.8, 4) is 33.4 Å². The van der Waals surface area contributed by atoms with E-state index >= 15 is 0 Å². The molecule has 2 aliphatic rings. The minimum Gasteiger partial charge on any atom is -0.341 e. The van der Waals surface area contributed by atoms with Crippen molar-refractivity contribution in [3.63, 3.8) is 0 Å². The lowest BCUT2D eigenvalue weighted by atomic mass is 9.80. The van der Waals surface area contributed by atoms with Crippen molar-refractivity contribution >= 4 is 50.0 Å². The molecule has 0 radical (unpaired) electrons. The van der Waals surface area contributed by atoms with Gasteiger partial charge in [0, 0.05) is 23.2 Å². The van der Waals surface area contributed by atoms with Crippen LogP contribution in [-0.4, -0.2) is 7.05 Å². The summed E-state index contributed by atoms with van der Waals surface area (Å²) in [5, 5.41) is 4.97. The molecule has 0 saturated heterocycles. The van der Waals surface area contributed by atoms with Crippen LogP contribution in [0.5, 0.6) is 0 Å². The first-order valence-corrected chi connectivity index (χ1v) is 17.5. The average molecular weight is 641 g/mol. The second-order valence-electron chi connectivity index (χ2n) is 14.2. The third kappa shape index (κ3) is 4.02. The van der Waals surface area contributed by atoms with Crippen LogP contribution in [0, 0.1) is 0 Å². The molecule has 238 valence electrons. The van der Waals surface area contributed by atoms with E-state index in [1.165, 1.54) is 94.5 Å². The number of fused-ring (bicyclic) bond motifs is 7. The molecule has 8 aromatic rings. The zero-order valence-corrected chi connectivity index (χ0v) is 28.5. The van der Waals surface area contributed by atoms with E-state index in [-0.39, 0.29) is 5.41 Å². The molecule has 0 spiro atoms. The molecule has 0 bridgehead atoms. The molecule has 2 heteroatoms. The van der Waals surface area contributed by atoms with Crippen molar-refractivity contribution in [1.82, 2.24) is 0 Å². The van der Waals surface area contributed by atoms with Gasteiger partial charge >= 0.3 is 0 Å². The molecule has 0 N–H and O–H groups in total. The maximum Gasteiger partial charge on any atom is 0.0700 e. The molecule has 0 atom stereocenters. The lowest BCUT2D eigenvalue weighted by Gasteiger charge is -2.39. The number of nitrogens with zero attached hydrogens (tertiary/aromatic N) is 2. The second-order valence-corrected chi connectivity index (χ2v) is 14.2. The van der Waals surface area contributed by atoms with Gasteiger partial charge in [0.15, 0.2) is 0 Å². The zero-order chi connectivity index (χ0) is 33.6. The standard InChI is InChI=1S/C48H36N2/c1-48(2)40-20-10-9-17-34(40)35-27-26-33(30-41(35)48)46-36-18-7-8-19-37(36)47(38-28-25-32(29-39(38)46)31-15-5-4-6-16-31)50-44-23-13-11-21-42(44)49(3)43-22-12-14-24-45(43)50/h4-30H,1-3H3. The zero-order valence-electron chi connectivity index (χ0n) is 28.5. The number of rotatable bonds is 3. The predicted molar refractivity (Wildman–Crippen MR) is 213 cm³/mol. The topological polar surface area (TPSA) is 6.48 Å². The van der Waals surface area contributed by atoms with Crippen molar-refractivity contribution in [2.45, 2.75) is 19.3 Å². The quantitative estimate of drug-likeness (QED) is 0.177. The van der Waals surface area contributed by atoms with Gasteiger partial charge < -0.3 is 9.80 Å². The van der Waals surface area contributed by atoms with Crippen LogP contribution in [0.2, 0.25) is 0 Å². The molecule has 0 aromatic heterocycles. The summed E-state index contributed by atoms with van der Waals surface area (Å²) in [6.07, 6.45) is 0. The first kappa shape index (κ1) is 28.9. The van der Waals surface area contributed by atoms with Crippen LogP contribution in [-0.2, 0) is 5.41 Å². The van der Waals surface area contributed by atoms with Crippen LogP contribution in [0.4, 0.5) is 28.4 Å². The summed E-state index contributed by atoms with van der Waals surface area (Å²) < 4.78 is 0. The van der Waals surface area contributed by atoms with E-state index in [2.05, 4.69) is 194 Å². The Labute approximate surface area is 293 Å². The maximum atomic E-state index is 2.50. The molecule has 10 rings (SSSR count). The first-order valence-electron chi connectivity index (χ1n) is 17.5. The average Bonchev–Trinajstić information content (AvgIpc) is 3.40. The van der Waals surface area contributed by atoms with Gasteiger partial charge in [-0.25, -0.2) is 0 Å². The molecule has 0 unspecified atom stereocenters. The monoisotopic (exact) mass is 640 g/mol. The van der Waals surface area contributed by atoms with Gasteiger partial charge in [-0.15, -0.1) is 0 Å². The summed E-state index contributed by atoms with van der Waals surface area (Å²) in [6, 6.07) is 60.6. The largest absolute Gasteiger partial charge is 0.341 e. The highest BCUT2D eigenvalue weighted by Gasteiger charge is 2.36. The van der Waals surface area contributed by atoms with Gasteiger partial charge in [0.05, 0.1) is 28.4 Å².